The van der Waals surface area contributed by atoms with Crippen LogP contribution >= 0.6 is 0 Å². The number of carboxylic acid groups (broad SMARTS) is 1. The zero-order valence-electron chi connectivity index (χ0n) is 22.0. The van der Waals surface area contributed by atoms with E-state index in [9.17, 15) is 35.9 Å². The minimum atomic E-state index is -4.63. The van der Waals surface area contributed by atoms with Crippen LogP contribution in [0.3, 0.4) is 0 Å². The van der Waals surface area contributed by atoms with Crippen LogP contribution in [0, 0.1) is 0 Å². The Kier molecular flexibility index (Phi) is 14.5. The van der Waals surface area contributed by atoms with Crippen molar-refractivity contribution in [2.24, 2.45) is 5.73 Å². The van der Waals surface area contributed by atoms with E-state index >= 15 is 0 Å². The highest BCUT2D eigenvalue weighted by Crippen LogP contribution is 2.28. The minimum Gasteiger partial charge on any atom is -0.484 e. The monoisotopic (exact) mass is 595 g/mol. The molecule has 0 radical (unpaired) electrons. The molecular weight excluding hydrogens is 564 g/mol. The number of halogens is 6. The number of nitrogens with one attached hydrogen (secondary N) is 2. The number of primary amides is 1. The van der Waals surface area contributed by atoms with Crippen molar-refractivity contribution >= 4 is 17.8 Å². The van der Waals surface area contributed by atoms with Crippen molar-refractivity contribution in [1.82, 2.24) is 10.6 Å². The zero-order chi connectivity index (χ0) is 31.1. The van der Waals surface area contributed by atoms with Crippen molar-refractivity contribution in [2.75, 3.05) is 26.3 Å². The molecule has 3 rings (SSSR count). The number of carbonyl (C=O) groups is 3. The highest BCUT2D eigenvalue weighted by atomic mass is 19.4. The van der Waals surface area contributed by atoms with E-state index in [0.29, 0.717) is 5.56 Å². The van der Waals surface area contributed by atoms with E-state index in [1.54, 1.807) is 24.3 Å². The Labute approximate surface area is 232 Å². The topological polar surface area (TPSA) is 140 Å². The molecule has 9 nitrogen and oxygen atoms in total. The quantitative estimate of drug-likeness (QED) is 0.334. The maximum atomic E-state index is 12.4. The first kappa shape index (κ1) is 35.0. The smallest absolute Gasteiger partial charge is 0.422 e. The summed E-state index contributed by atoms with van der Waals surface area (Å²) in [6.07, 6.45) is -6.41. The molecule has 0 saturated carbocycles. The van der Waals surface area contributed by atoms with E-state index in [1.165, 1.54) is 0 Å². The number of piperidine rings is 1. The second-order valence-corrected chi connectivity index (χ2v) is 8.57. The first-order valence-corrected chi connectivity index (χ1v) is 12.2. The standard InChI is InChI=1S/C17H20F6N2O3.C7H7NO.C2H4O2/c18-16(19,20)9-27-12-4-5-14(28-10-17(21,22)23)13(7-12)15(26)25-8-11-3-1-2-6-24-11;8-7(9)6-4-2-1-3-5-6;1-2(3)4/h4-5,7,11,24H,1-3,6,8-10H2,(H,25,26);1-5H,(H2,8,9);1H3,(H,3,4). The second kappa shape index (κ2) is 16.9. The molecule has 1 heterocycles. The summed E-state index contributed by atoms with van der Waals surface area (Å²) in [5, 5.41) is 13.2. The van der Waals surface area contributed by atoms with Gasteiger partial charge in [-0.25, -0.2) is 0 Å². The number of nitrogens with two attached hydrogens (primary N) is 1. The van der Waals surface area contributed by atoms with Gasteiger partial charge in [0.1, 0.15) is 11.5 Å². The van der Waals surface area contributed by atoms with Crippen LogP contribution in [0.1, 0.15) is 46.9 Å². The molecule has 228 valence electrons. The molecule has 1 aliphatic rings. The summed E-state index contributed by atoms with van der Waals surface area (Å²) in [5.41, 5.74) is 5.19. The van der Waals surface area contributed by atoms with Crippen molar-refractivity contribution in [3.8, 4) is 11.5 Å². The first-order valence-electron chi connectivity index (χ1n) is 12.2. The fourth-order valence-electron chi connectivity index (χ4n) is 3.24. The third-order valence-corrected chi connectivity index (χ3v) is 4.97. The molecule has 1 saturated heterocycles. The predicted octanol–water partition coefficient (Wildman–Crippen LogP) is 4.32. The molecule has 1 fully saturated rings. The van der Waals surface area contributed by atoms with E-state index in [0.717, 1.165) is 50.9 Å². The lowest BCUT2D eigenvalue weighted by atomic mass is 10.0. The fourth-order valence-corrected chi connectivity index (χ4v) is 3.24. The molecule has 2 aromatic carbocycles. The molecule has 0 spiro atoms. The summed E-state index contributed by atoms with van der Waals surface area (Å²) >= 11 is 0. The molecular formula is C26H31F6N3O6. The average molecular weight is 596 g/mol. The highest BCUT2D eigenvalue weighted by molar-refractivity contribution is 5.97. The Morgan fingerprint density at radius 3 is 2.05 bits per heavy atom. The number of hydrogen-bond donors (Lipinski definition) is 4. The zero-order valence-corrected chi connectivity index (χ0v) is 22.0. The number of alkyl halides is 6. The van der Waals surface area contributed by atoms with Crippen molar-refractivity contribution in [3.05, 3.63) is 59.7 Å². The van der Waals surface area contributed by atoms with Gasteiger partial charge in [-0.3, -0.25) is 14.4 Å². The summed E-state index contributed by atoms with van der Waals surface area (Å²) < 4.78 is 83.3. The van der Waals surface area contributed by atoms with Gasteiger partial charge in [-0.15, -0.1) is 0 Å². The van der Waals surface area contributed by atoms with Crippen LogP contribution in [0.25, 0.3) is 0 Å². The third-order valence-electron chi connectivity index (χ3n) is 4.97. The van der Waals surface area contributed by atoms with Crippen LogP contribution < -0.4 is 25.8 Å². The van der Waals surface area contributed by atoms with Gasteiger partial charge in [0.15, 0.2) is 13.2 Å². The number of carboxylic acids is 1. The molecule has 1 atom stereocenters. The van der Waals surface area contributed by atoms with Crippen molar-refractivity contribution in [3.63, 3.8) is 0 Å². The van der Waals surface area contributed by atoms with Gasteiger partial charge in [-0.05, 0) is 49.7 Å². The third kappa shape index (κ3) is 16.6. The maximum absolute atomic E-state index is 12.4. The van der Waals surface area contributed by atoms with Crippen molar-refractivity contribution in [1.29, 1.82) is 0 Å². The van der Waals surface area contributed by atoms with Gasteiger partial charge in [-0.1, -0.05) is 24.6 Å². The summed E-state index contributed by atoms with van der Waals surface area (Å²) in [4.78, 5) is 31.8. The summed E-state index contributed by atoms with van der Waals surface area (Å²) in [6, 6.07) is 11.7. The maximum Gasteiger partial charge on any atom is 0.422 e. The van der Waals surface area contributed by atoms with Gasteiger partial charge in [0.25, 0.3) is 11.9 Å². The van der Waals surface area contributed by atoms with E-state index < -0.39 is 43.2 Å². The molecule has 0 bridgehead atoms. The molecule has 5 N–H and O–H groups in total. The van der Waals surface area contributed by atoms with Gasteiger partial charge < -0.3 is 30.9 Å². The molecule has 15 heteroatoms. The lowest BCUT2D eigenvalue weighted by Crippen LogP contribution is -2.43. The number of amides is 2. The van der Waals surface area contributed by atoms with Gasteiger partial charge >= 0.3 is 12.4 Å². The molecule has 1 aliphatic heterocycles. The number of rotatable bonds is 8. The van der Waals surface area contributed by atoms with Gasteiger partial charge in [0.2, 0.25) is 5.91 Å². The van der Waals surface area contributed by atoms with Gasteiger partial charge in [0, 0.05) is 25.1 Å². The van der Waals surface area contributed by atoms with Crippen molar-refractivity contribution < 1.29 is 55.3 Å². The molecule has 0 aliphatic carbocycles. The Bertz CT molecular complexity index is 1100. The van der Waals surface area contributed by atoms with Crippen LogP contribution in [0.2, 0.25) is 0 Å². The predicted molar refractivity (Wildman–Crippen MR) is 136 cm³/mol. The van der Waals surface area contributed by atoms with Crippen LogP contribution in [0.5, 0.6) is 11.5 Å². The highest BCUT2D eigenvalue weighted by Gasteiger charge is 2.30. The average Bonchev–Trinajstić information content (AvgIpc) is 2.90. The SMILES string of the molecule is CC(=O)O.NC(=O)c1ccccc1.O=C(NCC1CCCCN1)c1cc(OCC(F)(F)F)ccc1OCC(F)(F)F. The van der Waals surface area contributed by atoms with Gasteiger partial charge in [0.05, 0.1) is 5.56 Å². The van der Waals surface area contributed by atoms with Crippen LogP contribution in [0.15, 0.2) is 48.5 Å². The van der Waals surface area contributed by atoms with Crippen LogP contribution in [-0.2, 0) is 4.79 Å². The molecule has 2 amide bonds. The molecule has 2 aromatic rings. The largest absolute Gasteiger partial charge is 0.484 e. The van der Waals surface area contributed by atoms with E-state index in [4.69, 9.17) is 15.6 Å². The number of aliphatic carboxylic acids is 1. The Balaban J connectivity index is 0.000000532. The van der Waals surface area contributed by atoms with E-state index in [2.05, 4.69) is 20.1 Å². The second-order valence-electron chi connectivity index (χ2n) is 8.57. The minimum absolute atomic E-state index is 0.0157. The summed E-state index contributed by atoms with van der Waals surface area (Å²) in [6.45, 7) is -1.13. The first-order chi connectivity index (χ1) is 19.1. The van der Waals surface area contributed by atoms with E-state index in [-0.39, 0.29) is 29.8 Å². The van der Waals surface area contributed by atoms with Crippen LogP contribution in [-0.4, -0.2) is 67.6 Å². The van der Waals surface area contributed by atoms with Crippen molar-refractivity contribution in [2.45, 2.75) is 44.6 Å². The Morgan fingerprint density at radius 2 is 1.56 bits per heavy atom. The Morgan fingerprint density at radius 1 is 0.976 bits per heavy atom. The van der Waals surface area contributed by atoms with Gasteiger partial charge in [-0.2, -0.15) is 26.3 Å². The normalized spacial score (nSPS) is 14.8. The lowest BCUT2D eigenvalue weighted by molar-refractivity contribution is -0.154. The summed E-state index contributed by atoms with van der Waals surface area (Å²) in [7, 11) is 0. The fraction of sp³-hybridized carbons (Fsp3) is 0.423. The molecule has 41 heavy (non-hydrogen) atoms. The lowest BCUT2D eigenvalue weighted by Gasteiger charge is -2.24. The van der Waals surface area contributed by atoms with Crippen LogP contribution in [0.4, 0.5) is 26.3 Å². The number of ether oxygens (including phenoxy) is 2. The summed E-state index contributed by atoms with van der Waals surface area (Å²) in [5.74, 6) is -2.68. The Hall–Kier alpha value is -4.01. The molecule has 1 unspecified atom stereocenters. The molecule has 0 aromatic heterocycles. The number of hydrogen-bond acceptors (Lipinski definition) is 6. The number of carbonyl (C=O) groups excluding carboxylic acids is 2. The van der Waals surface area contributed by atoms with E-state index in [1.807, 2.05) is 6.07 Å². The number of benzene rings is 2.